The Morgan fingerprint density at radius 1 is 1.12 bits per heavy atom. The number of hydrogen-bond acceptors (Lipinski definition) is 2. The molecule has 0 unspecified atom stereocenters. The fourth-order valence-electron chi connectivity index (χ4n) is 3.47. The van der Waals surface area contributed by atoms with Gasteiger partial charge in [0, 0.05) is 28.4 Å². The molecule has 0 aliphatic carbocycles. The number of hydrogen-bond donors (Lipinski definition) is 1. The summed E-state index contributed by atoms with van der Waals surface area (Å²) in [7, 11) is 0. The van der Waals surface area contributed by atoms with Gasteiger partial charge in [-0.05, 0) is 62.1 Å². The summed E-state index contributed by atoms with van der Waals surface area (Å²) < 4.78 is 0. The molecular weight excluding hydrogens is 316 g/mol. The highest BCUT2D eigenvalue weighted by atomic mass is 15.2. The maximum atomic E-state index is 4.45. The summed E-state index contributed by atoms with van der Waals surface area (Å²) in [4.78, 5) is 2.26. The Kier molecular flexibility index (Phi) is 4.78. The molecule has 2 nitrogen and oxygen atoms in total. The predicted octanol–water partition coefficient (Wildman–Crippen LogP) is 6.21. The average Bonchev–Trinajstić information content (AvgIpc) is 2.59. The van der Waals surface area contributed by atoms with Crippen LogP contribution in [0.4, 0.5) is 5.69 Å². The molecule has 2 aliphatic rings. The first-order valence-electron chi connectivity index (χ1n) is 9.14. The van der Waals surface area contributed by atoms with Crippen LogP contribution in [0.25, 0.3) is 0 Å². The minimum Gasteiger partial charge on any atom is -0.355 e. The van der Waals surface area contributed by atoms with Crippen LogP contribution in [0.1, 0.15) is 34.6 Å². The van der Waals surface area contributed by atoms with Crippen LogP contribution in [0.3, 0.4) is 0 Å². The molecular formula is C24H28N2. The van der Waals surface area contributed by atoms with Crippen molar-refractivity contribution < 1.29 is 0 Å². The lowest BCUT2D eigenvalue weighted by Crippen LogP contribution is -2.34. The van der Waals surface area contributed by atoms with Crippen LogP contribution in [-0.2, 0) is 0 Å². The molecule has 3 rings (SSSR count). The minimum absolute atomic E-state index is 0.370. The van der Waals surface area contributed by atoms with Crippen LogP contribution in [0.15, 0.2) is 101 Å². The molecule has 0 radical (unpaired) electrons. The molecule has 0 bridgehead atoms. The highest BCUT2D eigenvalue weighted by molar-refractivity contribution is 5.74. The van der Waals surface area contributed by atoms with Gasteiger partial charge in [0.1, 0.15) is 0 Å². The molecule has 1 aromatic rings. The average molecular weight is 345 g/mol. The highest BCUT2D eigenvalue weighted by Gasteiger charge is 2.31. The largest absolute Gasteiger partial charge is 0.355 e. The molecule has 0 saturated carbocycles. The third kappa shape index (κ3) is 3.08. The van der Waals surface area contributed by atoms with E-state index in [9.17, 15) is 0 Å². The second-order valence-electron chi connectivity index (χ2n) is 7.49. The number of rotatable bonds is 3. The van der Waals surface area contributed by atoms with E-state index in [1.165, 1.54) is 16.8 Å². The number of allylic oxidation sites excluding steroid dienone is 6. The minimum atomic E-state index is 0.370. The molecule has 0 atom stereocenters. The zero-order valence-electron chi connectivity index (χ0n) is 16.5. The molecule has 26 heavy (non-hydrogen) atoms. The number of anilines is 1. The Morgan fingerprint density at radius 3 is 2.35 bits per heavy atom. The molecule has 134 valence electrons. The molecule has 2 aliphatic heterocycles. The summed E-state index contributed by atoms with van der Waals surface area (Å²) in [5, 5.41) is 3.61. The van der Waals surface area contributed by atoms with E-state index in [-0.39, 0.29) is 0 Å². The lowest BCUT2D eigenvalue weighted by molar-refractivity contribution is 0.723. The SMILES string of the molecule is C=C1C(C)=C(C=C(C)C)NC2=C1C(=C)N(c1ccccc1)C(C(C)C)=C2. The standard InChI is InChI=1S/C24H28N2/c1-15(2)13-21-17(5)18(6)24-19(7)26(20-11-9-8-10-12-20)23(16(3)4)14-22(24)25-21/h8-14,16,25H,6-7H2,1-5H3. The van der Waals surface area contributed by atoms with Crippen molar-refractivity contribution in [3.63, 3.8) is 0 Å². The lowest BCUT2D eigenvalue weighted by Gasteiger charge is -2.39. The summed E-state index contributed by atoms with van der Waals surface area (Å²) >= 11 is 0. The van der Waals surface area contributed by atoms with Crippen molar-refractivity contribution in [2.24, 2.45) is 5.92 Å². The maximum Gasteiger partial charge on any atom is 0.0502 e. The van der Waals surface area contributed by atoms with Crippen molar-refractivity contribution in [2.75, 3.05) is 4.90 Å². The summed E-state index contributed by atoms with van der Waals surface area (Å²) in [6, 6.07) is 10.4. The third-order valence-electron chi connectivity index (χ3n) is 4.84. The molecule has 2 heteroatoms. The van der Waals surface area contributed by atoms with E-state index in [4.69, 9.17) is 0 Å². The monoisotopic (exact) mass is 344 g/mol. The third-order valence-corrected chi connectivity index (χ3v) is 4.84. The van der Waals surface area contributed by atoms with Gasteiger partial charge in [-0.25, -0.2) is 0 Å². The first-order valence-corrected chi connectivity index (χ1v) is 9.14. The Bertz CT molecular complexity index is 885. The van der Waals surface area contributed by atoms with E-state index in [1.807, 2.05) is 6.07 Å². The fraction of sp³-hybridized carbons (Fsp3) is 0.250. The van der Waals surface area contributed by atoms with Gasteiger partial charge in [-0.1, -0.05) is 50.8 Å². The molecule has 0 aromatic heterocycles. The molecule has 2 heterocycles. The highest BCUT2D eigenvalue weighted by Crippen LogP contribution is 2.42. The summed E-state index contributed by atoms with van der Waals surface area (Å²) in [5.41, 5.74) is 10.1. The molecule has 1 aromatic carbocycles. The first kappa shape index (κ1) is 18.1. The van der Waals surface area contributed by atoms with E-state index in [1.54, 1.807) is 0 Å². The molecule has 0 fully saturated rings. The molecule has 0 spiro atoms. The van der Waals surface area contributed by atoms with Gasteiger partial charge >= 0.3 is 0 Å². The smallest absolute Gasteiger partial charge is 0.0502 e. The van der Waals surface area contributed by atoms with Gasteiger partial charge in [0.25, 0.3) is 0 Å². The second-order valence-corrected chi connectivity index (χ2v) is 7.49. The molecule has 0 saturated heterocycles. The number of para-hydroxylation sites is 1. The van der Waals surface area contributed by atoms with Gasteiger partial charge in [0.15, 0.2) is 0 Å². The van der Waals surface area contributed by atoms with Crippen molar-refractivity contribution >= 4 is 5.69 Å². The Labute approximate surface area is 157 Å². The Hall–Kier alpha value is -2.74. The van der Waals surface area contributed by atoms with Gasteiger partial charge in [0.2, 0.25) is 0 Å². The van der Waals surface area contributed by atoms with Crippen LogP contribution in [0.2, 0.25) is 0 Å². The topological polar surface area (TPSA) is 15.3 Å². The van der Waals surface area contributed by atoms with Crippen LogP contribution < -0.4 is 10.2 Å². The van der Waals surface area contributed by atoms with Crippen molar-refractivity contribution in [3.05, 3.63) is 101 Å². The van der Waals surface area contributed by atoms with Crippen molar-refractivity contribution in [2.45, 2.75) is 34.6 Å². The number of nitrogens with zero attached hydrogens (tertiary/aromatic N) is 1. The van der Waals surface area contributed by atoms with Crippen LogP contribution >= 0.6 is 0 Å². The van der Waals surface area contributed by atoms with Gasteiger partial charge in [0.05, 0.1) is 5.70 Å². The van der Waals surface area contributed by atoms with Gasteiger partial charge < -0.3 is 10.2 Å². The summed E-state index contributed by atoms with van der Waals surface area (Å²) in [6.45, 7) is 19.6. The Balaban J connectivity index is 2.12. The van der Waals surface area contributed by atoms with E-state index in [0.717, 1.165) is 33.9 Å². The van der Waals surface area contributed by atoms with Crippen molar-refractivity contribution in [1.29, 1.82) is 0 Å². The van der Waals surface area contributed by atoms with Crippen LogP contribution in [-0.4, -0.2) is 0 Å². The Morgan fingerprint density at radius 2 is 1.77 bits per heavy atom. The van der Waals surface area contributed by atoms with Gasteiger partial charge in [-0.15, -0.1) is 0 Å². The number of dihydropyridines is 1. The van der Waals surface area contributed by atoms with Gasteiger partial charge in [-0.2, -0.15) is 0 Å². The number of nitrogens with one attached hydrogen (secondary N) is 1. The zero-order valence-corrected chi connectivity index (χ0v) is 16.5. The second kappa shape index (κ2) is 6.87. The fourth-order valence-corrected chi connectivity index (χ4v) is 3.47. The van der Waals surface area contributed by atoms with Crippen molar-refractivity contribution in [3.8, 4) is 0 Å². The van der Waals surface area contributed by atoms with Gasteiger partial charge in [-0.3, -0.25) is 0 Å². The molecule has 0 amide bonds. The predicted molar refractivity (Wildman–Crippen MR) is 112 cm³/mol. The van der Waals surface area contributed by atoms with E-state index < -0.39 is 0 Å². The zero-order chi connectivity index (χ0) is 19.0. The van der Waals surface area contributed by atoms with E-state index in [0.29, 0.717) is 5.92 Å². The first-order chi connectivity index (χ1) is 12.3. The quantitative estimate of drug-likeness (QED) is 0.701. The lowest BCUT2D eigenvalue weighted by atomic mass is 9.86. The van der Waals surface area contributed by atoms with Crippen molar-refractivity contribution in [1.82, 2.24) is 5.32 Å². The molecule has 1 N–H and O–H groups in total. The van der Waals surface area contributed by atoms with Crippen LogP contribution in [0.5, 0.6) is 0 Å². The van der Waals surface area contributed by atoms with E-state index >= 15 is 0 Å². The van der Waals surface area contributed by atoms with Crippen LogP contribution in [0, 0.1) is 5.92 Å². The number of benzene rings is 1. The summed E-state index contributed by atoms with van der Waals surface area (Å²) in [5.74, 6) is 0.370. The summed E-state index contributed by atoms with van der Waals surface area (Å²) in [6.07, 6.45) is 4.43. The normalized spacial score (nSPS) is 17.3. The van der Waals surface area contributed by atoms with E-state index in [2.05, 4.69) is 94.4 Å². The maximum absolute atomic E-state index is 4.45.